The standard InChI is InChI=1S/C6H6N4S/c1-2-6(11-3-1)9-10-4-7-8-5-10/h1-5,9H. The van der Waals surface area contributed by atoms with Crippen LogP contribution in [0.2, 0.25) is 0 Å². The maximum Gasteiger partial charge on any atom is 0.139 e. The van der Waals surface area contributed by atoms with Gasteiger partial charge in [0.05, 0.1) is 0 Å². The average Bonchev–Trinajstić information content (AvgIpc) is 2.60. The molecule has 0 saturated carbocycles. The molecule has 0 aliphatic heterocycles. The zero-order chi connectivity index (χ0) is 7.52. The quantitative estimate of drug-likeness (QED) is 0.729. The van der Waals surface area contributed by atoms with E-state index < -0.39 is 0 Å². The molecule has 0 aliphatic rings. The van der Waals surface area contributed by atoms with E-state index in [1.165, 1.54) is 0 Å². The Bertz CT molecular complexity index is 267. The zero-order valence-electron chi connectivity index (χ0n) is 5.64. The Morgan fingerprint density at radius 1 is 1.36 bits per heavy atom. The number of hydrogen-bond donors (Lipinski definition) is 1. The molecule has 11 heavy (non-hydrogen) atoms. The molecule has 2 aromatic rings. The first-order valence-corrected chi connectivity index (χ1v) is 3.98. The molecule has 2 rings (SSSR count). The Kier molecular flexibility index (Phi) is 1.57. The minimum absolute atomic E-state index is 1.07. The van der Waals surface area contributed by atoms with Crippen LogP contribution in [0, 0.1) is 0 Å². The predicted molar refractivity (Wildman–Crippen MR) is 43.4 cm³/mol. The first-order valence-electron chi connectivity index (χ1n) is 3.10. The van der Waals surface area contributed by atoms with Gasteiger partial charge in [-0.05, 0) is 17.5 Å². The van der Waals surface area contributed by atoms with E-state index in [9.17, 15) is 0 Å². The van der Waals surface area contributed by atoms with E-state index in [4.69, 9.17) is 0 Å². The van der Waals surface area contributed by atoms with E-state index in [2.05, 4.69) is 15.6 Å². The van der Waals surface area contributed by atoms with Crippen LogP contribution in [0.25, 0.3) is 0 Å². The van der Waals surface area contributed by atoms with E-state index >= 15 is 0 Å². The summed E-state index contributed by atoms with van der Waals surface area (Å²) in [7, 11) is 0. The molecular weight excluding hydrogens is 160 g/mol. The van der Waals surface area contributed by atoms with Crippen molar-refractivity contribution in [2.45, 2.75) is 0 Å². The number of rotatable bonds is 2. The smallest absolute Gasteiger partial charge is 0.139 e. The molecule has 0 fully saturated rings. The molecule has 56 valence electrons. The Morgan fingerprint density at radius 2 is 2.18 bits per heavy atom. The van der Waals surface area contributed by atoms with Crippen molar-refractivity contribution in [2.75, 3.05) is 5.43 Å². The number of thiophene rings is 1. The maximum absolute atomic E-state index is 3.66. The minimum atomic E-state index is 1.07. The molecule has 0 radical (unpaired) electrons. The van der Waals surface area contributed by atoms with E-state index in [-0.39, 0.29) is 0 Å². The van der Waals surface area contributed by atoms with Crippen molar-refractivity contribution < 1.29 is 0 Å². The second kappa shape index (κ2) is 2.71. The predicted octanol–water partition coefficient (Wildman–Crippen LogP) is 1.21. The molecule has 0 amide bonds. The third kappa shape index (κ3) is 1.38. The molecule has 0 atom stereocenters. The number of anilines is 1. The van der Waals surface area contributed by atoms with Gasteiger partial charge in [0.2, 0.25) is 0 Å². The van der Waals surface area contributed by atoms with Gasteiger partial charge in [0.15, 0.2) is 0 Å². The molecule has 5 heteroatoms. The van der Waals surface area contributed by atoms with Crippen LogP contribution in [0.1, 0.15) is 0 Å². The van der Waals surface area contributed by atoms with Gasteiger partial charge in [0.25, 0.3) is 0 Å². The molecule has 2 heterocycles. The van der Waals surface area contributed by atoms with Crippen LogP contribution in [0.4, 0.5) is 5.00 Å². The lowest BCUT2D eigenvalue weighted by Gasteiger charge is -1.99. The van der Waals surface area contributed by atoms with Gasteiger partial charge in [-0.15, -0.1) is 21.5 Å². The van der Waals surface area contributed by atoms with E-state index in [1.54, 1.807) is 28.7 Å². The first-order chi connectivity index (χ1) is 5.45. The summed E-state index contributed by atoms with van der Waals surface area (Å²) in [6.45, 7) is 0. The van der Waals surface area contributed by atoms with E-state index in [1.807, 2.05) is 17.5 Å². The molecule has 0 saturated heterocycles. The van der Waals surface area contributed by atoms with Crippen LogP contribution >= 0.6 is 11.3 Å². The number of nitrogens with zero attached hydrogens (tertiary/aromatic N) is 3. The van der Waals surface area contributed by atoms with Crippen LogP contribution in [-0.4, -0.2) is 14.9 Å². The summed E-state index contributed by atoms with van der Waals surface area (Å²) >= 11 is 1.63. The Balaban J connectivity index is 2.14. The molecular formula is C6H6N4S. The van der Waals surface area contributed by atoms with Crippen molar-refractivity contribution in [2.24, 2.45) is 0 Å². The fourth-order valence-corrected chi connectivity index (χ4v) is 1.35. The highest BCUT2D eigenvalue weighted by atomic mass is 32.1. The number of aromatic nitrogens is 3. The van der Waals surface area contributed by atoms with Crippen LogP contribution in [-0.2, 0) is 0 Å². The minimum Gasteiger partial charge on any atom is -0.282 e. The molecule has 0 aromatic carbocycles. The highest BCUT2D eigenvalue weighted by molar-refractivity contribution is 7.14. The zero-order valence-corrected chi connectivity index (χ0v) is 6.45. The van der Waals surface area contributed by atoms with Crippen LogP contribution < -0.4 is 5.43 Å². The van der Waals surface area contributed by atoms with Crippen LogP contribution in [0.5, 0.6) is 0 Å². The summed E-state index contributed by atoms with van der Waals surface area (Å²) in [4.78, 5) is 0. The molecule has 0 bridgehead atoms. The lowest BCUT2D eigenvalue weighted by atomic mass is 10.6. The summed E-state index contributed by atoms with van der Waals surface area (Å²) in [5.74, 6) is 0. The van der Waals surface area contributed by atoms with Gasteiger partial charge in [-0.1, -0.05) is 0 Å². The first kappa shape index (κ1) is 6.36. The summed E-state index contributed by atoms with van der Waals surface area (Å²) in [5, 5.41) is 10.4. The summed E-state index contributed by atoms with van der Waals surface area (Å²) < 4.78 is 1.70. The normalized spacial score (nSPS) is 9.82. The Hall–Kier alpha value is -1.36. The highest BCUT2D eigenvalue weighted by Gasteiger charge is 1.91. The summed E-state index contributed by atoms with van der Waals surface area (Å²) in [5.41, 5.74) is 3.07. The van der Waals surface area contributed by atoms with Crippen molar-refractivity contribution in [3.8, 4) is 0 Å². The van der Waals surface area contributed by atoms with Gasteiger partial charge in [-0.2, -0.15) is 0 Å². The van der Waals surface area contributed by atoms with Gasteiger partial charge in [0, 0.05) is 0 Å². The van der Waals surface area contributed by atoms with Crippen molar-refractivity contribution >= 4 is 16.3 Å². The van der Waals surface area contributed by atoms with Crippen molar-refractivity contribution in [1.29, 1.82) is 0 Å². The second-order valence-corrected chi connectivity index (χ2v) is 2.91. The van der Waals surface area contributed by atoms with Crippen LogP contribution in [0.15, 0.2) is 30.2 Å². The van der Waals surface area contributed by atoms with Crippen molar-refractivity contribution in [3.63, 3.8) is 0 Å². The van der Waals surface area contributed by atoms with Gasteiger partial charge in [-0.3, -0.25) is 5.43 Å². The molecule has 0 aliphatic carbocycles. The number of nitrogens with one attached hydrogen (secondary N) is 1. The fraction of sp³-hybridized carbons (Fsp3) is 0. The molecule has 1 N–H and O–H groups in total. The van der Waals surface area contributed by atoms with Crippen molar-refractivity contribution in [1.82, 2.24) is 14.9 Å². The lowest BCUT2D eigenvalue weighted by molar-refractivity contribution is 0.959. The third-order valence-electron chi connectivity index (χ3n) is 1.18. The maximum atomic E-state index is 3.66. The molecule has 4 nitrogen and oxygen atoms in total. The average molecular weight is 166 g/mol. The van der Waals surface area contributed by atoms with Gasteiger partial charge in [0.1, 0.15) is 17.7 Å². The van der Waals surface area contributed by atoms with E-state index in [0.717, 1.165) is 5.00 Å². The monoisotopic (exact) mass is 166 g/mol. The van der Waals surface area contributed by atoms with Gasteiger partial charge < -0.3 is 0 Å². The Labute approximate surface area is 67.5 Å². The summed E-state index contributed by atoms with van der Waals surface area (Å²) in [6.07, 6.45) is 3.22. The fourth-order valence-electron chi connectivity index (χ4n) is 0.728. The third-order valence-corrected chi connectivity index (χ3v) is 1.95. The lowest BCUT2D eigenvalue weighted by Crippen LogP contribution is -2.03. The second-order valence-electron chi connectivity index (χ2n) is 1.96. The number of hydrogen-bond acceptors (Lipinski definition) is 4. The van der Waals surface area contributed by atoms with Gasteiger partial charge in [-0.25, -0.2) is 4.68 Å². The highest BCUT2D eigenvalue weighted by Crippen LogP contribution is 2.14. The van der Waals surface area contributed by atoms with E-state index in [0.29, 0.717) is 0 Å². The van der Waals surface area contributed by atoms with Crippen LogP contribution in [0.3, 0.4) is 0 Å². The molecule has 0 unspecified atom stereocenters. The molecule has 0 spiro atoms. The molecule has 2 aromatic heterocycles. The summed E-state index contributed by atoms with van der Waals surface area (Å²) in [6, 6.07) is 3.97. The largest absolute Gasteiger partial charge is 0.282 e. The van der Waals surface area contributed by atoms with Crippen molar-refractivity contribution in [3.05, 3.63) is 30.2 Å². The van der Waals surface area contributed by atoms with Gasteiger partial charge >= 0.3 is 0 Å². The topological polar surface area (TPSA) is 42.7 Å². The SMILES string of the molecule is c1csc(Nn2cnnc2)c1. The Morgan fingerprint density at radius 3 is 2.82 bits per heavy atom.